The first kappa shape index (κ1) is 17.4. The molecule has 1 radical (unpaired) electrons. The predicted molar refractivity (Wildman–Crippen MR) is 82.5 cm³/mol. The van der Waals surface area contributed by atoms with Crippen molar-refractivity contribution in [1.82, 2.24) is 5.06 Å². The fourth-order valence-corrected chi connectivity index (χ4v) is 3.32. The zero-order valence-corrected chi connectivity index (χ0v) is 13.8. The van der Waals surface area contributed by atoms with Crippen molar-refractivity contribution in [1.29, 1.82) is 0 Å². The van der Waals surface area contributed by atoms with E-state index in [-0.39, 0.29) is 11.1 Å². The van der Waals surface area contributed by atoms with E-state index >= 15 is 0 Å². The summed E-state index contributed by atoms with van der Waals surface area (Å²) >= 11 is 0. The highest BCUT2D eigenvalue weighted by Gasteiger charge is 2.47. The van der Waals surface area contributed by atoms with Gasteiger partial charge in [0.25, 0.3) is 0 Å². The van der Waals surface area contributed by atoms with Gasteiger partial charge in [0.2, 0.25) is 0 Å². The maximum Gasteiger partial charge on any atom is 0.339 e. The van der Waals surface area contributed by atoms with E-state index in [1.807, 2.05) is 27.7 Å². The number of carbonyl (C=O) groups is 2. The van der Waals surface area contributed by atoms with Gasteiger partial charge in [-0.3, -0.25) is 0 Å². The highest BCUT2D eigenvalue weighted by molar-refractivity contribution is 6.02. The molecule has 0 amide bonds. The van der Waals surface area contributed by atoms with Crippen LogP contribution in [0.5, 0.6) is 0 Å². The molecule has 0 unspecified atom stereocenters. The van der Waals surface area contributed by atoms with Crippen LogP contribution in [0.1, 0.15) is 61.3 Å². The molecule has 0 bridgehead atoms. The van der Waals surface area contributed by atoms with Gasteiger partial charge in [0, 0.05) is 23.9 Å². The number of piperidine rings is 1. The van der Waals surface area contributed by atoms with Crippen LogP contribution in [-0.4, -0.2) is 39.3 Å². The number of carbonyl (C=O) groups excluding carboxylic acids is 1. The van der Waals surface area contributed by atoms with Crippen molar-refractivity contribution in [3.63, 3.8) is 0 Å². The number of carboxylic acid groups (broad SMARTS) is 1. The maximum absolute atomic E-state index is 12.4. The van der Waals surface area contributed by atoms with Crippen LogP contribution >= 0.6 is 0 Å². The second-order valence-electron chi connectivity index (χ2n) is 7.21. The number of hydrogen-bond donors (Lipinski definition) is 1. The van der Waals surface area contributed by atoms with E-state index < -0.39 is 29.1 Å². The summed E-state index contributed by atoms with van der Waals surface area (Å²) in [7, 11) is 0. The molecule has 1 aliphatic heterocycles. The van der Waals surface area contributed by atoms with Gasteiger partial charge in [0.15, 0.2) is 0 Å². The van der Waals surface area contributed by atoms with Gasteiger partial charge in [0.1, 0.15) is 6.10 Å². The third-order valence-corrected chi connectivity index (χ3v) is 4.21. The van der Waals surface area contributed by atoms with Gasteiger partial charge in [-0.25, -0.2) is 9.59 Å². The molecular formula is C17H22NO5. The Morgan fingerprint density at radius 1 is 1.09 bits per heavy atom. The fourth-order valence-electron chi connectivity index (χ4n) is 3.32. The van der Waals surface area contributed by atoms with Crippen molar-refractivity contribution in [2.24, 2.45) is 0 Å². The molecule has 1 N–H and O–H groups in total. The SMILES string of the molecule is CC1(C)CC(OC(=O)c2ccccc2C(=O)O)CC(C)(C)N1[O]. The number of aromatic carboxylic acids is 1. The number of rotatable bonds is 3. The van der Waals surface area contributed by atoms with Crippen LogP contribution in [0.4, 0.5) is 0 Å². The van der Waals surface area contributed by atoms with E-state index in [2.05, 4.69) is 0 Å². The Morgan fingerprint density at radius 2 is 1.57 bits per heavy atom. The molecule has 1 heterocycles. The van der Waals surface area contributed by atoms with Gasteiger partial charge in [-0.15, -0.1) is 10.3 Å². The van der Waals surface area contributed by atoms with Gasteiger partial charge in [-0.2, -0.15) is 0 Å². The second kappa shape index (κ2) is 5.94. The lowest BCUT2D eigenvalue weighted by molar-refractivity contribution is -0.298. The number of hydrogen-bond acceptors (Lipinski definition) is 4. The molecule has 6 nitrogen and oxygen atoms in total. The van der Waals surface area contributed by atoms with Crippen LogP contribution < -0.4 is 0 Å². The minimum atomic E-state index is -1.17. The van der Waals surface area contributed by atoms with E-state index in [0.29, 0.717) is 12.8 Å². The Balaban J connectivity index is 2.20. The minimum absolute atomic E-state index is 0.0279. The fraction of sp³-hybridized carbons (Fsp3) is 0.529. The zero-order chi connectivity index (χ0) is 17.4. The largest absolute Gasteiger partial charge is 0.478 e. The van der Waals surface area contributed by atoms with Crippen LogP contribution in [0, 0.1) is 0 Å². The van der Waals surface area contributed by atoms with Crippen molar-refractivity contribution < 1.29 is 24.6 Å². The summed E-state index contributed by atoms with van der Waals surface area (Å²) in [5, 5.41) is 22.5. The summed E-state index contributed by atoms with van der Waals surface area (Å²) in [6, 6.07) is 5.96. The van der Waals surface area contributed by atoms with E-state index in [4.69, 9.17) is 9.84 Å². The van der Waals surface area contributed by atoms with Crippen molar-refractivity contribution in [2.45, 2.75) is 57.7 Å². The predicted octanol–water partition coefficient (Wildman–Crippen LogP) is 2.91. The summed E-state index contributed by atoms with van der Waals surface area (Å²) in [6.45, 7) is 7.25. The monoisotopic (exact) mass is 320 g/mol. The van der Waals surface area contributed by atoms with E-state index in [9.17, 15) is 14.8 Å². The van der Waals surface area contributed by atoms with Crippen molar-refractivity contribution in [2.75, 3.05) is 0 Å². The molecule has 1 aliphatic rings. The van der Waals surface area contributed by atoms with Crippen LogP contribution in [0.2, 0.25) is 0 Å². The summed E-state index contributed by atoms with van der Waals surface area (Å²) in [4.78, 5) is 23.6. The Morgan fingerprint density at radius 3 is 2.04 bits per heavy atom. The molecule has 1 saturated heterocycles. The molecule has 0 aliphatic carbocycles. The number of nitrogens with zero attached hydrogens (tertiary/aromatic N) is 1. The summed E-state index contributed by atoms with van der Waals surface area (Å²) < 4.78 is 5.52. The third kappa shape index (κ3) is 3.54. The minimum Gasteiger partial charge on any atom is -0.478 e. The molecule has 2 rings (SSSR count). The van der Waals surface area contributed by atoms with Crippen LogP contribution in [-0.2, 0) is 9.94 Å². The molecule has 1 aromatic rings. The van der Waals surface area contributed by atoms with E-state index in [1.165, 1.54) is 12.1 Å². The van der Waals surface area contributed by atoms with Crippen molar-refractivity contribution in [3.05, 3.63) is 35.4 Å². The Labute approximate surface area is 135 Å². The quantitative estimate of drug-likeness (QED) is 0.865. The molecule has 0 saturated carbocycles. The molecule has 125 valence electrons. The smallest absolute Gasteiger partial charge is 0.339 e. The molecule has 0 atom stereocenters. The summed E-state index contributed by atoms with van der Waals surface area (Å²) in [5.74, 6) is -1.84. The molecule has 23 heavy (non-hydrogen) atoms. The Hall–Kier alpha value is -1.92. The van der Waals surface area contributed by atoms with Crippen molar-refractivity contribution >= 4 is 11.9 Å². The average Bonchev–Trinajstić information content (AvgIpc) is 2.44. The Kier molecular flexibility index (Phi) is 4.50. The van der Waals surface area contributed by atoms with Crippen LogP contribution in [0.25, 0.3) is 0 Å². The molecule has 1 aromatic carbocycles. The maximum atomic E-state index is 12.4. The number of ether oxygens (including phenoxy) is 1. The lowest BCUT2D eigenvalue weighted by Crippen LogP contribution is -2.60. The molecule has 0 aromatic heterocycles. The lowest BCUT2D eigenvalue weighted by Gasteiger charge is -2.49. The van der Waals surface area contributed by atoms with Gasteiger partial charge in [0.05, 0.1) is 11.1 Å². The number of benzene rings is 1. The number of esters is 1. The summed E-state index contributed by atoms with van der Waals surface area (Å²) in [5.41, 5.74) is -1.37. The number of hydroxylamine groups is 2. The molecule has 6 heteroatoms. The highest BCUT2D eigenvalue weighted by atomic mass is 16.5. The first-order valence-electron chi connectivity index (χ1n) is 7.55. The van der Waals surface area contributed by atoms with E-state index in [0.717, 1.165) is 5.06 Å². The van der Waals surface area contributed by atoms with Gasteiger partial charge >= 0.3 is 11.9 Å². The summed E-state index contributed by atoms with van der Waals surface area (Å²) in [6.07, 6.45) is 0.376. The normalized spacial score (nSPS) is 20.9. The molecule has 1 fully saturated rings. The van der Waals surface area contributed by atoms with Gasteiger partial charge in [-0.05, 0) is 39.8 Å². The lowest BCUT2D eigenvalue weighted by atomic mass is 9.80. The number of carboxylic acids is 1. The zero-order valence-electron chi connectivity index (χ0n) is 13.8. The third-order valence-electron chi connectivity index (χ3n) is 4.21. The van der Waals surface area contributed by atoms with Crippen LogP contribution in [0.15, 0.2) is 24.3 Å². The Bertz CT molecular complexity index is 605. The second-order valence-corrected chi connectivity index (χ2v) is 7.21. The van der Waals surface area contributed by atoms with Crippen LogP contribution in [0.3, 0.4) is 0 Å². The average molecular weight is 320 g/mol. The highest BCUT2D eigenvalue weighted by Crippen LogP contribution is 2.38. The topological polar surface area (TPSA) is 86.7 Å². The standard InChI is InChI=1S/C17H22NO5/c1-16(2)9-11(10-17(3,4)18(16)22)23-15(21)13-8-6-5-7-12(13)14(19)20/h5-8,11H,9-10H2,1-4H3,(H,19,20). The van der Waals surface area contributed by atoms with Gasteiger partial charge < -0.3 is 9.84 Å². The molecular weight excluding hydrogens is 298 g/mol. The first-order chi connectivity index (χ1) is 10.5. The first-order valence-corrected chi connectivity index (χ1v) is 7.55. The molecule has 0 spiro atoms. The van der Waals surface area contributed by atoms with Crippen molar-refractivity contribution in [3.8, 4) is 0 Å². The van der Waals surface area contributed by atoms with E-state index in [1.54, 1.807) is 12.1 Å². The van der Waals surface area contributed by atoms with Gasteiger partial charge in [-0.1, -0.05) is 12.1 Å².